The highest BCUT2D eigenvalue weighted by Gasteiger charge is 2.37. The summed E-state index contributed by atoms with van der Waals surface area (Å²) in [6.45, 7) is 2.73. The molecule has 2 atom stereocenters. The van der Waals surface area contributed by atoms with Gasteiger partial charge in [-0.25, -0.2) is 9.67 Å². The van der Waals surface area contributed by atoms with Gasteiger partial charge in [-0.3, -0.25) is 4.79 Å². The van der Waals surface area contributed by atoms with Crippen LogP contribution in [0.25, 0.3) is 16.7 Å². The molecule has 1 aliphatic carbocycles. The molecular formula is C23H25ClN4O. The van der Waals surface area contributed by atoms with Crippen LogP contribution in [0.5, 0.6) is 0 Å². The number of aromatic nitrogens is 3. The number of aryl methyl sites for hydroxylation is 1. The van der Waals surface area contributed by atoms with E-state index in [1.165, 1.54) is 25.7 Å². The smallest absolute Gasteiger partial charge is 0.257 e. The predicted molar refractivity (Wildman–Crippen MR) is 115 cm³/mol. The van der Waals surface area contributed by atoms with Crippen molar-refractivity contribution in [3.05, 3.63) is 52.8 Å². The van der Waals surface area contributed by atoms with Crippen LogP contribution in [0, 0.1) is 12.8 Å². The van der Waals surface area contributed by atoms with Crippen LogP contribution in [-0.4, -0.2) is 38.2 Å². The van der Waals surface area contributed by atoms with Gasteiger partial charge in [0.25, 0.3) is 5.91 Å². The van der Waals surface area contributed by atoms with Crippen LogP contribution < -0.4 is 0 Å². The van der Waals surface area contributed by atoms with Crippen LogP contribution in [0.4, 0.5) is 0 Å². The first-order chi connectivity index (χ1) is 14.1. The molecule has 0 spiro atoms. The second-order valence-electron chi connectivity index (χ2n) is 8.27. The summed E-state index contributed by atoms with van der Waals surface area (Å²) in [6.07, 6.45) is 8.79. The molecule has 0 N–H and O–H groups in total. The molecule has 1 aliphatic heterocycles. The summed E-state index contributed by atoms with van der Waals surface area (Å²) in [4.78, 5) is 20.2. The largest absolute Gasteiger partial charge is 0.335 e. The predicted octanol–water partition coefficient (Wildman–Crippen LogP) is 5.18. The number of piperidine rings is 1. The maximum Gasteiger partial charge on any atom is 0.257 e. The summed E-state index contributed by atoms with van der Waals surface area (Å²) in [7, 11) is 0. The average Bonchev–Trinajstić information content (AvgIpc) is 3.11. The first kappa shape index (κ1) is 18.6. The first-order valence-electron chi connectivity index (χ1n) is 10.6. The minimum atomic E-state index is 0.0212. The van der Waals surface area contributed by atoms with Crippen LogP contribution in [-0.2, 0) is 0 Å². The summed E-state index contributed by atoms with van der Waals surface area (Å²) in [5, 5.41) is 5.88. The van der Waals surface area contributed by atoms with Crippen molar-refractivity contribution in [1.82, 2.24) is 19.7 Å². The Balaban J connectivity index is 1.55. The zero-order valence-corrected chi connectivity index (χ0v) is 17.4. The number of carbonyl (C=O) groups excluding carboxylic acids is 1. The van der Waals surface area contributed by atoms with Crippen LogP contribution >= 0.6 is 11.6 Å². The van der Waals surface area contributed by atoms with Crippen molar-refractivity contribution < 1.29 is 4.79 Å². The molecule has 2 aliphatic rings. The molecule has 3 heterocycles. The van der Waals surface area contributed by atoms with E-state index in [2.05, 4.69) is 15.0 Å². The molecule has 150 valence electrons. The Morgan fingerprint density at radius 1 is 1.10 bits per heavy atom. The van der Waals surface area contributed by atoms with Gasteiger partial charge in [0.15, 0.2) is 5.65 Å². The normalized spacial score (nSPS) is 21.9. The summed E-state index contributed by atoms with van der Waals surface area (Å²) >= 11 is 6.80. The SMILES string of the molecule is Cc1nn(-c2ccccc2)c2ncc(C(=O)N3CCC[C@H]4CCCC[C@H]43)c(Cl)c12. The summed E-state index contributed by atoms with van der Waals surface area (Å²) in [5.41, 5.74) is 2.89. The van der Waals surface area contributed by atoms with Crippen molar-refractivity contribution in [3.63, 3.8) is 0 Å². The number of benzene rings is 1. The lowest BCUT2D eigenvalue weighted by Gasteiger charge is -2.44. The van der Waals surface area contributed by atoms with Crippen molar-refractivity contribution in [3.8, 4) is 5.69 Å². The van der Waals surface area contributed by atoms with E-state index < -0.39 is 0 Å². The van der Waals surface area contributed by atoms with E-state index in [0.29, 0.717) is 28.2 Å². The first-order valence-corrected chi connectivity index (χ1v) is 10.9. The fourth-order valence-corrected chi connectivity index (χ4v) is 5.49. The Morgan fingerprint density at radius 3 is 2.69 bits per heavy atom. The molecule has 0 radical (unpaired) electrons. The molecule has 1 aromatic carbocycles. The molecule has 3 aromatic rings. The van der Waals surface area contributed by atoms with E-state index in [1.807, 2.05) is 37.3 Å². The van der Waals surface area contributed by atoms with Gasteiger partial charge in [0.05, 0.1) is 27.4 Å². The number of carbonyl (C=O) groups is 1. The van der Waals surface area contributed by atoms with E-state index in [0.717, 1.165) is 36.2 Å². The number of likely N-dealkylation sites (tertiary alicyclic amines) is 1. The molecule has 29 heavy (non-hydrogen) atoms. The third kappa shape index (κ3) is 3.12. The molecule has 2 fully saturated rings. The quantitative estimate of drug-likeness (QED) is 0.587. The molecule has 6 heteroatoms. The Morgan fingerprint density at radius 2 is 1.86 bits per heavy atom. The van der Waals surface area contributed by atoms with Crippen LogP contribution in [0.3, 0.4) is 0 Å². The van der Waals surface area contributed by atoms with Crippen molar-refractivity contribution in [1.29, 1.82) is 0 Å². The van der Waals surface area contributed by atoms with Crippen LogP contribution in [0.2, 0.25) is 5.02 Å². The van der Waals surface area contributed by atoms with Gasteiger partial charge < -0.3 is 4.90 Å². The lowest BCUT2D eigenvalue weighted by Crippen LogP contribution is -2.49. The Hall–Kier alpha value is -2.40. The van der Waals surface area contributed by atoms with E-state index >= 15 is 0 Å². The molecule has 1 saturated heterocycles. The molecule has 1 amide bonds. The van der Waals surface area contributed by atoms with Gasteiger partial charge in [-0.2, -0.15) is 5.10 Å². The Labute approximate surface area is 175 Å². The lowest BCUT2D eigenvalue weighted by molar-refractivity contribution is 0.0390. The molecule has 1 saturated carbocycles. The minimum absolute atomic E-state index is 0.0212. The number of fused-ring (bicyclic) bond motifs is 2. The number of amides is 1. The van der Waals surface area contributed by atoms with Gasteiger partial charge >= 0.3 is 0 Å². The zero-order valence-electron chi connectivity index (χ0n) is 16.6. The van der Waals surface area contributed by atoms with Gasteiger partial charge in [-0.05, 0) is 50.7 Å². The number of para-hydroxylation sites is 1. The molecule has 5 rings (SSSR count). The minimum Gasteiger partial charge on any atom is -0.335 e. The van der Waals surface area contributed by atoms with Crippen LogP contribution in [0.1, 0.15) is 54.6 Å². The van der Waals surface area contributed by atoms with Crippen molar-refractivity contribution in [2.75, 3.05) is 6.54 Å². The van der Waals surface area contributed by atoms with E-state index in [1.54, 1.807) is 10.9 Å². The van der Waals surface area contributed by atoms with Gasteiger partial charge in [-0.15, -0.1) is 0 Å². The van der Waals surface area contributed by atoms with Crippen molar-refractivity contribution in [2.45, 2.75) is 51.5 Å². The Bertz CT molecular complexity index is 1060. The molecule has 0 bridgehead atoms. The van der Waals surface area contributed by atoms with Crippen LogP contribution in [0.15, 0.2) is 36.5 Å². The molecular weight excluding hydrogens is 384 g/mol. The fourth-order valence-electron chi connectivity index (χ4n) is 5.14. The lowest BCUT2D eigenvalue weighted by atomic mass is 9.78. The summed E-state index contributed by atoms with van der Waals surface area (Å²) in [5.74, 6) is 0.660. The number of hydrogen-bond acceptors (Lipinski definition) is 3. The van der Waals surface area contributed by atoms with E-state index in [4.69, 9.17) is 11.6 Å². The van der Waals surface area contributed by atoms with Gasteiger partial charge in [0, 0.05) is 18.8 Å². The topological polar surface area (TPSA) is 51.0 Å². The van der Waals surface area contributed by atoms with Gasteiger partial charge in [0.2, 0.25) is 0 Å². The average molecular weight is 409 g/mol. The monoisotopic (exact) mass is 408 g/mol. The highest BCUT2D eigenvalue weighted by atomic mass is 35.5. The van der Waals surface area contributed by atoms with Gasteiger partial charge in [-0.1, -0.05) is 42.6 Å². The summed E-state index contributed by atoms with van der Waals surface area (Å²) in [6, 6.07) is 10.2. The van der Waals surface area contributed by atoms with Gasteiger partial charge in [0.1, 0.15) is 0 Å². The second kappa shape index (κ2) is 7.45. The highest BCUT2D eigenvalue weighted by molar-refractivity contribution is 6.38. The number of rotatable bonds is 2. The van der Waals surface area contributed by atoms with E-state index in [-0.39, 0.29) is 5.91 Å². The number of pyridine rings is 1. The van der Waals surface area contributed by atoms with E-state index in [9.17, 15) is 4.79 Å². The summed E-state index contributed by atoms with van der Waals surface area (Å²) < 4.78 is 1.79. The number of halogens is 1. The second-order valence-corrected chi connectivity index (χ2v) is 8.65. The molecule has 2 aromatic heterocycles. The molecule has 0 unspecified atom stereocenters. The number of hydrogen-bond donors (Lipinski definition) is 0. The third-order valence-corrected chi connectivity index (χ3v) is 6.94. The van der Waals surface area contributed by atoms with Crippen molar-refractivity contribution >= 4 is 28.5 Å². The number of nitrogens with zero attached hydrogens (tertiary/aromatic N) is 4. The zero-order chi connectivity index (χ0) is 20.0. The van der Waals surface area contributed by atoms with Crippen molar-refractivity contribution in [2.24, 2.45) is 5.92 Å². The highest BCUT2D eigenvalue weighted by Crippen LogP contribution is 2.37. The standard InChI is InChI=1S/C23H25ClN4O/c1-15-20-21(24)18(14-25-22(20)28(26-15)17-10-3-2-4-11-17)23(29)27-13-7-9-16-8-5-6-12-19(16)27/h2-4,10-11,14,16,19H,5-9,12-13H2,1H3/t16-,19-/m1/s1. The molecule has 5 nitrogen and oxygen atoms in total. The third-order valence-electron chi connectivity index (χ3n) is 6.54. The maximum atomic E-state index is 13.5. The Kier molecular flexibility index (Phi) is 4.78. The fraction of sp³-hybridized carbons (Fsp3) is 0.435. The maximum absolute atomic E-state index is 13.5.